The standard InChI is InChI=1S/C22H16F3N3O/c1-29-17-12-8-15(9-13-17)21-26-19-5-3-2-4-18(19)20(27-28-21)14-6-10-16(11-7-14)22(23,24)25/h2-13H,1H3,(H,26,28). The summed E-state index contributed by atoms with van der Waals surface area (Å²) in [6.45, 7) is 0. The van der Waals surface area contributed by atoms with E-state index in [0.29, 0.717) is 22.8 Å². The molecule has 1 aliphatic rings. The number of halogens is 3. The van der Waals surface area contributed by atoms with Gasteiger partial charge in [0.15, 0.2) is 5.84 Å². The van der Waals surface area contributed by atoms with E-state index >= 15 is 0 Å². The van der Waals surface area contributed by atoms with Crippen LogP contribution in [0, 0.1) is 0 Å². The summed E-state index contributed by atoms with van der Waals surface area (Å²) >= 11 is 0. The van der Waals surface area contributed by atoms with Crippen molar-refractivity contribution in [3.63, 3.8) is 0 Å². The van der Waals surface area contributed by atoms with Gasteiger partial charge in [0.2, 0.25) is 0 Å². The Hall–Kier alpha value is -3.61. The fourth-order valence-corrected chi connectivity index (χ4v) is 3.00. The number of aliphatic imine (C=N–C) groups is 1. The molecule has 1 heterocycles. The molecule has 4 rings (SSSR count). The van der Waals surface area contributed by atoms with E-state index in [1.54, 1.807) is 7.11 Å². The smallest absolute Gasteiger partial charge is 0.416 e. The van der Waals surface area contributed by atoms with Gasteiger partial charge in [-0.2, -0.15) is 18.3 Å². The SMILES string of the molecule is COc1ccc(C2=Nc3ccccc3C(c3ccc(C(F)(F)F)cc3)=NN2)cc1. The van der Waals surface area contributed by atoms with Gasteiger partial charge in [-0.3, -0.25) is 5.43 Å². The molecular weight excluding hydrogens is 379 g/mol. The minimum atomic E-state index is -4.38. The summed E-state index contributed by atoms with van der Waals surface area (Å²) in [6.07, 6.45) is -4.38. The number of para-hydroxylation sites is 1. The lowest BCUT2D eigenvalue weighted by atomic mass is 9.99. The molecule has 0 saturated heterocycles. The van der Waals surface area contributed by atoms with Crippen molar-refractivity contribution >= 4 is 17.2 Å². The summed E-state index contributed by atoms with van der Waals surface area (Å²) < 4.78 is 43.8. The van der Waals surface area contributed by atoms with Gasteiger partial charge < -0.3 is 4.74 Å². The lowest BCUT2D eigenvalue weighted by Gasteiger charge is -2.10. The van der Waals surface area contributed by atoms with Crippen LogP contribution in [0.3, 0.4) is 0 Å². The Kier molecular flexibility index (Phi) is 4.80. The first-order valence-corrected chi connectivity index (χ1v) is 8.79. The van der Waals surface area contributed by atoms with E-state index in [1.807, 2.05) is 48.5 Å². The highest BCUT2D eigenvalue weighted by atomic mass is 19.4. The van der Waals surface area contributed by atoms with Crippen molar-refractivity contribution in [2.24, 2.45) is 10.1 Å². The topological polar surface area (TPSA) is 46.0 Å². The molecule has 0 aromatic heterocycles. The van der Waals surface area contributed by atoms with Crippen molar-refractivity contribution < 1.29 is 17.9 Å². The van der Waals surface area contributed by atoms with Gasteiger partial charge in [0.25, 0.3) is 0 Å². The molecule has 4 nitrogen and oxygen atoms in total. The van der Waals surface area contributed by atoms with Crippen LogP contribution in [-0.4, -0.2) is 18.7 Å². The van der Waals surface area contributed by atoms with Crippen LogP contribution < -0.4 is 10.2 Å². The number of fused-ring (bicyclic) bond motifs is 1. The molecule has 7 heteroatoms. The molecular formula is C22H16F3N3O. The number of hydrogen-bond donors (Lipinski definition) is 1. The second-order valence-corrected chi connectivity index (χ2v) is 6.35. The summed E-state index contributed by atoms with van der Waals surface area (Å²) in [5.74, 6) is 1.25. The minimum Gasteiger partial charge on any atom is -0.497 e. The van der Waals surface area contributed by atoms with Crippen molar-refractivity contribution in [2.45, 2.75) is 6.18 Å². The molecule has 146 valence electrons. The van der Waals surface area contributed by atoms with E-state index < -0.39 is 11.7 Å². The Morgan fingerprint density at radius 1 is 0.828 bits per heavy atom. The second-order valence-electron chi connectivity index (χ2n) is 6.35. The average Bonchev–Trinajstić information content (AvgIpc) is 2.93. The number of amidine groups is 1. The van der Waals surface area contributed by atoms with E-state index in [9.17, 15) is 13.2 Å². The Labute approximate surface area is 165 Å². The van der Waals surface area contributed by atoms with Crippen LogP contribution in [0.1, 0.15) is 22.3 Å². The number of alkyl halides is 3. The Morgan fingerprint density at radius 3 is 2.14 bits per heavy atom. The predicted octanol–water partition coefficient (Wildman–Crippen LogP) is 5.15. The molecule has 0 unspecified atom stereocenters. The summed E-state index contributed by atoms with van der Waals surface area (Å²) in [7, 11) is 1.59. The molecule has 3 aromatic rings. The van der Waals surface area contributed by atoms with Gasteiger partial charge in [-0.1, -0.05) is 30.3 Å². The van der Waals surface area contributed by atoms with Gasteiger partial charge in [0.05, 0.1) is 24.1 Å². The number of hydrazone groups is 1. The number of benzene rings is 3. The van der Waals surface area contributed by atoms with E-state index in [1.165, 1.54) is 12.1 Å². The summed E-state index contributed by atoms with van der Waals surface area (Å²) in [6, 6.07) is 19.6. The Balaban J connectivity index is 1.75. The van der Waals surface area contributed by atoms with E-state index in [-0.39, 0.29) is 0 Å². The molecule has 29 heavy (non-hydrogen) atoms. The zero-order valence-electron chi connectivity index (χ0n) is 15.4. The number of ether oxygens (including phenoxy) is 1. The van der Waals surface area contributed by atoms with Crippen LogP contribution in [0.2, 0.25) is 0 Å². The molecule has 0 aliphatic carbocycles. The second kappa shape index (κ2) is 7.43. The number of methoxy groups -OCH3 is 1. The van der Waals surface area contributed by atoms with Gasteiger partial charge in [-0.25, -0.2) is 4.99 Å². The largest absolute Gasteiger partial charge is 0.497 e. The van der Waals surface area contributed by atoms with Crippen LogP contribution in [0.4, 0.5) is 18.9 Å². The predicted molar refractivity (Wildman–Crippen MR) is 106 cm³/mol. The third kappa shape index (κ3) is 3.85. The monoisotopic (exact) mass is 395 g/mol. The zero-order chi connectivity index (χ0) is 20.4. The lowest BCUT2D eigenvalue weighted by molar-refractivity contribution is -0.137. The van der Waals surface area contributed by atoms with Gasteiger partial charge >= 0.3 is 6.18 Å². The number of nitrogens with zero attached hydrogens (tertiary/aromatic N) is 2. The highest BCUT2D eigenvalue weighted by molar-refractivity contribution is 6.17. The van der Waals surface area contributed by atoms with E-state index in [2.05, 4.69) is 15.5 Å². The van der Waals surface area contributed by atoms with Gasteiger partial charge in [0.1, 0.15) is 5.75 Å². The average molecular weight is 395 g/mol. The molecule has 1 aliphatic heterocycles. The maximum absolute atomic E-state index is 12.9. The van der Waals surface area contributed by atoms with E-state index in [4.69, 9.17) is 4.74 Å². The fourth-order valence-electron chi connectivity index (χ4n) is 3.00. The first-order chi connectivity index (χ1) is 14.0. The molecule has 1 N–H and O–H groups in total. The normalized spacial score (nSPS) is 13.5. The minimum absolute atomic E-state index is 0.515. The van der Waals surface area contributed by atoms with Crippen molar-refractivity contribution in [3.05, 3.63) is 95.1 Å². The Bertz CT molecular complexity index is 1090. The first kappa shape index (κ1) is 18.7. The zero-order valence-corrected chi connectivity index (χ0v) is 15.4. The maximum atomic E-state index is 12.9. The van der Waals surface area contributed by atoms with Crippen molar-refractivity contribution in [3.8, 4) is 5.75 Å². The highest BCUT2D eigenvalue weighted by Crippen LogP contribution is 2.31. The van der Waals surface area contributed by atoms with Gasteiger partial charge in [-0.05, 0) is 42.5 Å². The third-order valence-corrected chi connectivity index (χ3v) is 4.51. The fraction of sp³-hybridized carbons (Fsp3) is 0.0909. The summed E-state index contributed by atoms with van der Waals surface area (Å²) in [4.78, 5) is 4.67. The summed E-state index contributed by atoms with van der Waals surface area (Å²) in [5.41, 5.74) is 5.52. The van der Waals surface area contributed by atoms with Crippen LogP contribution in [0.5, 0.6) is 5.75 Å². The Morgan fingerprint density at radius 2 is 1.48 bits per heavy atom. The number of rotatable bonds is 3. The summed E-state index contributed by atoms with van der Waals surface area (Å²) in [5, 5.41) is 4.45. The number of nitrogens with one attached hydrogen (secondary N) is 1. The molecule has 0 amide bonds. The van der Waals surface area contributed by atoms with Gasteiger partial charge in [0, 0.05) is 16.7 Å². The van der Waals surface area contributed by atoms with Crippen LogP contribution in [0.15, 0.2) is 82.9 Å². The molecule has 0 bridgehead atoms. The number of hydrogen-bond acceptors (Lipinski definition) is 4. The van der Waals surface area contributed by atoms with Gasteiger partial charge in [-0.15, -0.1) is 0 Å². The molecule has 3 aromatic carbocycles. The van der Waals surface area contributed by atoms with E-state index in [0.717, 1.165) is 29.0 Å². The molecule has 0 saturated carbocycles. The first-order valence-electron chi connectivity index (χ1n) is 8.79. The van der Waals surface area contributed by atoms with Crippen LogP contribution in [0.25, 0.3) is 0 Å². The molecule has 0 radical (unpaired) electrons. The van der Waals surface area contributed by atoms with Crippen molar-refractivity contribution in [1.82, 2.24) is 5.43 Å². The van der Waals surface area contributed by atoms with Crippen molar-refractivity contribution in [1.29, 1.82) is 0 Å². The third-order valence-electron chi connectivity index (χ3n) is 4.51. The molecule has 0 spiro atoms. The van der Waals surface area contributed by atoms with Crippen LogP contribution >= 0.6 is 0 Å². The van der Waals surface area contributed by atoms with Crippen molar-refractivity contribution in [2.75, 3.05) is 7.11 Å². The highest BCUT2D eigenvalue weighted by Gasteiger charge is 2.30. The molecule has 0 atom stereocenters. The van der Waals surface area contributed by atoms with Crippen LogP contribution in [-0.2, 0) is 6.18 Å². The lowest BCUT2D eigenvalue weighted by Crippen LogP contribution is -2.19. The quantitative estimate of drug-likeness (QED) is 0.667. The maximum Gasteiger partial charge on any atom is 0.416 e. The molecule has 0 fully saturated rings.